The minimum absolute atomic E-state index is 0.254. The lowest BCUT2D eigenvalue weighted by molar-refractivity contribution is 0.0679. The molecule has 2 aromatic carbocycles. The van der Waals surface area contributed by atoms with Crippen LogP contribution in [0.5, 0.6) is 11.5 Å². The highest BCUT2D eigenvalue weighted by Crippen LogP contribution is 2.19. The van der Waals surface area contributed by atoms with Gasteiger partial charge in [0.1, 0.15) is 18.1 Å². The van der Waals surface area contributed by atoms with Gasteiger partial charge in [0, 0.05) is 24.9 Å². The lowest BCUT2D eigenvalue weighted by Gasteiger charge is -2.12. The summed E-state index contributed by atoms with van der Waals surface area (Å²) >= 11 is 0. The fourth-order valence-corrected chi connectivity index (χ4v) is 2.74. The Kier molecular flexibility index (Phi) is 5.96. The molecule has 0 aliphatic carbocycles. The lowest BCUT2D eigenvalue weighted by atomic mass is 10.2. The molecule has 0 radical (unpaired) electrons. The second kappa shape index (κ2) is 8.60. The highest BCUT2D eigenvalue weighted by molar-refractivity contribution is 5.48. The van der Waals surface area contributed by atoms with Gasteiger partial charge in [-0.2, -0.15) is 0 Å². The van der Waals surface area contributed by atoms with E-state index >= 15 is 0 Å². The summed E-state index contributed by atoms with van der Waals surface area (Å²) in [6, 6.07) is 16.2. The number of hydrogen-bond acceptors (Lipinski definition) is 4. The van der Waals surface area contributed by atoms with E-state index in [0.717, 1.165) is 43.2 Å². The molecule has 128 valence electrons. The van der Waals surface area contributed by atoms with Crippen molar-refractivity contribution >= 4 is 5.69 Å². The predicted molar refractivity (Wildman–Crippen MR) is 95.8 cm³/mol. The van der Waals surface area contributed by atoms with Crippen molar-refractivity contribution in [1.82, 2.24) is 0 Å². The molecule has 1 heterocycles. The summed E-state index contributed by atoms with van der Waals surface area (Å²) in [6.45, 7) is 4.94. The molecule has 24 heavy (non-hydrogen) atoms. The van der Waals surface area contributed by atoms with Gasteiger partial charge in [0.2, 0.25) is 0 Å². The molecule has 1 N–H and O–H groups in total. The van der Waals surface area contributed by atoms with Crippen molar-refractivity contribution < 1.29 is 14.2 Å². The van der Waals surface area contributed by atoms with Crippen LogP contribution >= 0.6 is 0 Å². The molecule has 1 unspecified atom stereocenters. The van der Waals surface area contributed by atoms with E-state index in [1.165, 1.54) is 5.56 Å². The van der Waals surface area contributed by atoms with Crippen LogP contribution in [0.15, 0.2) is 48.5 Å². The maximum absolute atomic E-state index is 5.79. The highest BCUT2D eigenvalue weighted by Gasteiger charge is 2.15. The van der Waals surface area contributed by atoms with Gasteiger partial charge in [-0.1, -0.05) is 18.2 Å². The molecule has 0 spiro atoms. The van der Waals surface area contributed by atoms with E-state index < -0.39 is 0 Å². The molecule has 1 aliphatic rings. The molecule has 4 nitrogen and oxygen atoms in total. The van der Waals surface area contributed by atoms with Crippen LogP contribution in [-0.2, 0) is 11.3 Å². The maximum Gasteiger partial charge on any atom is 0.121 e. The predicted octanol–water partition coefficient (Wildman–Crippen LogP) is 4.26. The van der Waals surface area contributed by atoms with Crippen molar-refractivity contribution in [3.05, 3.63) is 54.1 Å². The van der Waals surface area contributed by atoms with Gasteiger partial charge < -0.3 is 19.5 Å². The Morgan fingerprint density at radius 1 is 1.08 bits per heavy atom. The third-order valence-electron chi connectivity index (χ3n) is 4.02. The molecular formula is C20H25NO3. The van der Waals surface area contributed by atoms with Crippen molar-refractivity contribution in [2.75, 3.05) is 25.1 Å². The third kappa shape index (κ3) is 4.90. The monoisotopic (exact) mass is 327 g/mol. The molecule has 0 bridgehead atoms. The second-order valence-electron chi connectivity index (χ2n) is 5.90. The summed E-state index contributed by atoms with van der Waals surface area (Å²) in [5.74, 6) is 1.79. The van der Waals surface area contributed by atoms with E-state index in [1.807, 2.05) is 43.3 Å². The standard InChI is InChI=1S/C20H25NO3/c1-2-22-19-6-3-5-17(13-19)21-14-16-8-10-18(11-9-16)24-15-20-7-4-12-23-20/h3,5-6,8-11,13,20-21H,2,4,7,12,14-15H2,1H3. The van der Waals surface area contributed by atoms with Gasteiger partial charge in [0.05, 0.1) is 12.7 Å². The summed E-state index contributed by atoms with van der Waals surface area (Å²) < 4.78 is 16.9. The van der Waals surface area contributed by atoms with E-state index in [-0.39, 0.29) is 6.10 Å². The second-order valence-corrected chi connectivity index (χ2v) is 5.90. The summed E-state index contributed by atoms with van der Waals surface area (Å²) in [4.78, 5) is 0. The topological polar surface area (TPSA) is 39.7 Å². The van der Waals surface area contributed by atoms with E-state index in [4.69, 9.17) is 14.2 Å². The molecule has 0 saturated carbocycles. The number of anilines is 1. The average molecular weight is 327 g/mol. The van der Waals surface area contributed by atoms with Gasteiger partial charge in [-0.25, -0.2) is 0 Å². The van der Waals surface area contributed by atoms with E-state index in [2.05, 4.69) is 17.4 Å². The van der Waals surface area contributed by atoms with Gasteiger partial charge in [-0.05, 0) is 49.6 Å². The van der Waals surface area contributed by atoms with Crippen LogP contribution in [0.2, 0.25) is 0 Å². The smallest absolute Gasteiger partial charge is 0.121 e. The lowest BCUT2D eigenvalue weighted by Crippen LogP contribution is -2.16. The summed E-state index contributed by atoms with van der Waals surface area (Å²) in [7, 11) is 0. The zero-order valence-corrected chi connectivity index (χ0v) is 14.2. The Morgan fingerprint density at radius 3 is 2.71 bits per heavy atom. The first-order valence-corrected chi connectivity index (χ1v) is 8.63. The highest BCUT2D eigenvalue weighted by atomic mass is 16.5. The SMILES string of the molecule is CCOc1cccc(NCc2ccc(OCC3CCCO3)cc2)c1. The molecular weight excluding hydrogens is 302 g/mol. The molecule has 1 aliphatic heterocycles. The molecule has 0 aromatic heterocycles. The van der Waals surface area contributed by atoms with Crippen LogP contribution in [-0.4, -0.2) is 25.9 Å². The minimum Gasteiger partial charge on any atom is -0.494 e. The van der Waals surface area contributed by atoms with Crippen LogP contribution in [0.4, 0.5) is 5.69 Å². The Labute approximate surface area is 143 Å². The summed E-state index contributed by atoms with van der Waals surface area (Å²) in [6.07, 6.45) is 2.50. The third-order valence-corrected chi connectivity index (χ3v) is 4.02. The van der Waals surface area contributed by atoms with Crippen molar-refractivity contribution in [1.29, 1.82) is 0 Å². The Bertz CT molecular complexity index is 621. The largest absolute Gasteiger partial charge is 0.494 e. The first-order chi connectivity index (χ1) is 11.8. The van der Waals surface area contributed by atoms with Crippen molar-refractivity contribution in [2.45, 2.75) is 32.4 Å². The van der Waals surface area contributed by atoms with Gasteiger partial charge in [-0.3, -0.25) is 0 Å². The van der Waals surface area contributed by atoms with Crippen LogP contribution in [0, 0.1) is 0 Å². The first kappa shape index (κ1) is 16.7. The van der Waals surface area contributed by atoms with Gasteiger partial charge in [0.15, 0.2) is 0 Å². The Hall–Kier alpha value is -2.20. The summed E-state index contributed by atoms with van der Waals surface area (Å²) in [5, 5.41) is 3.42. The molecule has 1 atom stereocenters. The number of rotatable bonds is 8. The zero-order valence-electron chi connectivity index (χ0n) is 14.2. The number of hydrogen-bond donors (Lipinski definition) is 1. The molecule has 2 aromatic rings. The minimum atomic E-state index is 0.254. The first-order valence-electron chi connectivity index (χ1n) is 8.63. The normalized spacial score (nSPS) is 16.8. The van der Waals surface area contributed by atoms with Gasteiger partial charge in [0.25, 0.3) is 0 Å². The van der Waals surface area contributed by atoms with Crippen LogP contribution < -0.4 is 14.8 Å². The molecule has 4 heteroatoms. The van der Waals surface area contributed by atoms with E-state index in [9.17, 15) is 0 Å². The number of ether oxygens (including phenoxy) is 3. The molecule has 0 amide bonds. The molecule has 1 saturated heterocycles. The summed E-state index contributed by atoms with van der Waals surface area (Å²) in [5.41, 5.74) is 2.26. The Balaban J connectivity index is 1.47. The van der Waals surface area contributed by atoms with E-state index in [1.54, 1.807) is 0 Å². The van der Waals surface area contributed by atoms with Crippen LogP contribution in [0.3, 0.4) is 0 Å². The van der Waals surface area contributed by atoms with Gasteiger partial charge >= 0.3 is 0 Å². The van der Waals surface area contributed by atoms with Crippen LogP contribution in [0.1, 0.15) is 25.3 Å². The van der Waals surface area contributed by atoms with Crippen molar-refractivity contribution in [2.24, 2.45) is 0 Å². The quantitative estimate of drug-likeness (QED) is 0.786. The fourth-order valence-electron chi connectivity index (χ4n) is 2.74. The van der Waals surface area contributed by atoms with E-state index in [0.29, 0.717) is 13.2 Å². The Morgan fingerprint density at radius 2 is 1.96 bits per heavy atom. The van der Waals surface area contributed by atoms with Crippen molar-refractivity contribution in [3.8, 4) is 11.5 Å². The zero-order chi connectivity index (χ0) is 16.6. The molecule has 1 fully saturated rings. The van der Waals surface area contributed by atoms with Gasteiger partial charge in [-0.15, -0.1) is 0 Å². The van der Waals surface area contributed by atoms with Crippen LogP contribution in [0.25, 0.3) is 0 Å². The maximum atomic E-state index is 5.79. The molecule has 3 rings (SSSR count). The number of nitrogens with one attached hydrogen (secondary N) is 1. The fraction of sp³-hybridized carbons (Fsp3) is 0.400. The number of benzene rings is 2. The van der Waals surface area contributed by atoms with Crippen molar-refractivity contribution in [3.63, 3.8) is 0 Å². The average Bonchev–Trinajstić information content (AvgIpc) is 3.13.